The van der Waals surface area contributed by atoms with Crippen LogP contribution in [0.1, 0.15) is 202 Å². The van der Waals surface area contributed by atoms with Gasteiger partial charge in [-0.3, -0.25) is 0 Å². The van der Waals surface area contributed by atoms with Crippen molar-refractivity contribution in [3.05, 3.63) is 0 Å². The van der Waals surface area contributed by atoms with Gasteiger partial charge in [-0.05, 0) is 18.8 Å². The Morgan fingerprint density at radius 1 is 0.382 bits per heavy atom. The van der Waals surface area contributed by atoms with Crippen LogP contribution >= 0.6 is 0 Å². The Bertz CT molecular complexity index is 173. The second kappa shape index (κ2) is 76.6. The summed E-state index contributed by atoms with van der Waals surface area (Å²) < 4.78 is 5.13. The summed E-state index contributed by atoms with van der Waals surface area (Å²) in [6, 6.07) is 0. The molecule has 0 aliphatic heterocycles. The number of hydrogen-bond donors (Lipinski definition) is 0. The molecule has 0 aromatic rings. The van der Waals surface area contributed by atoms with Gasteiger partial charge in [0, 0.05) is 13.2 Å². The Hall–Kier alpha value is -0.0400. The van der Waals surface area contributed by atoms with Gasteiger partial charge in [0.1, 0.15) is 0 Å². The van der Waals surface area contributed by atoms with Gasteiger partial charge in [0.15, 0.2) is 0 Å². The first-order valence-electron chi connectivity index (χ1n) is 14.0. The quantitative estimate of drug-likeness (QED) is 0.217. The van der Waals surface area contributed by atoms with E-state index in [1.807, 2.05) is 0 Å². The highest BCUT2D eigenvalue weighted by Gasteiger charge is 1.83. The predicted molar refractivity (Wildman–Crippen MR) is 173 cm³/mol. The summed E-state index contributed by atoms with van der Waals surface area (Å²) in [5, 5.41) is 0. The molecule has 1 nitrogen and oxygen atoms in total. The van der Waals surface area contributed by atoms with Gasteiger partial charge in [0.25, 0.3) is 0 Å². The van der Waals surface area contributed by atoms with Crippen LogP contribution in [0.4, 0.5) is 0 Å². The van der Waals surface area contributed by atoms with Gasteiger partial charge in [-0.25, -0.2) is 0 Å². The van der Waals surface area contributed by atoms with Gasteiger partial charge in [0.05, 0.1) is 0 Å². The van der Waals surface area contributed by atoms with Crippen LogP contribution in [0.5, 0.6) is 0 Å². The van der Waals surface area contributed by atoms with Gasteiger partial charge >= 0.3 is 0 Å². The van der Waals surface area contributed by atoms with Crippen molar-refractivity contribution in [2.45, 2.75) is 202 Å². The van der Waals surface area contributed by atoms with Gasteiger partial charge in [0.2, 0.25) is 0 Å². The van der Waals surface area contributed by atoms with Crippen molar-refractivity contribution in [2.75, 3.05) is 13.2 Å². The molecule has 0 N–H and O–H groups in total. The van der Waals surface area contributed by atoms with E-state index in [0.717, 1.165) is 32.0 Å². The van der Waals surface area contributed by atoms with Crippen LogP contribution in [0, 0.1) is 5.92 Å². The predicted octanol–water partition coefficient (Wildman–Crippen LogP) is 14.2. The minimum atomic E-state index is 0. The lowest BCUT2D eigenvalue weighted by molar-refractivity contribution is 0.135. The lowest BCUT2D eigenvalue weighted by atomic mass is 10.1. The van der Waals surface area contributed by atoms with Crippen LogP contribution in [0.3, 0.4) is 0 Å². The fraction of sp³-hybridized carbons (Fsp3) is 1.00. The van der Waals surface area contributed by atoms with Crippen LogP contribution < -0.4 is 0 Å². The van der Waals surface area contributed by atoms with Crippen LogP contribution in [0.25, 0.3) is 0 Å². The monoisotopic (exact) mass is 497 g/mol. The molecule has 0 saturated carbocycles. The molecular weight excluding hydrogens is 412 g/mol. The highest BCUT2D eigenvalue weighted by atomic mass is 16.5. The number of ether oxygens (including phenoxy) is 1. The summed E-state index contributed by atoms with van der Waals surface area (Å²) in [4.78, 5) is 0. The smallest absolute Gasteiger partial charge is 0.0463 e. The molecule has 0 unspecified atom stereocenters. The molecule has 0 atom stereocenters. The van der Waals surface area contributed by atoms with Crippen molar-refractivity contribution >= 4 is 0 Å². The normalized spacial score (nSPS) is 8.12. The molecule has 0 saturated heterocycles. The second-order valence-electron chi connectivity index (χ2n) is 8.54. The SMILES string of the molecule is C.C.C.C.CCC(C)C.CCCC.CCCCCC.CCCCCCCC.CCCOCCC. The molecule has 0 rings (SSSR count). The largest absolute Gasteiger partial charge is 0.381 e. The van der Waals surface area contributed by atoms with E-state index in [1.165, 1.54) is 83.5 Å². The lowest BCUT2D eigenvalue weighted by Crippen LogP contribution is -1.92. The average Bonchev–Trinajstić information content (AvgIpc) is 2.77. The Morgan fingerprint density at radius 3 is 0.765 bits per heavy atom. The molecule has 0 aliphatic rings. The molecule has 0 spiro atoms. The van der Waals surface area contributed by atoms with Crippen molar-refractivity contribution in [2.24, 2.45) is 5.92 Å². The van der Waals surface area contributed by atoms with Crippen molar-refractivity contribution < 1.29 is 4.74 Å². The summed E-state index contributed by atoms with van der Waals surface area (Å²) in [7, 11) is 0. The van der Waals surface area contributed by atoms with Crippen LogP contribution in [-0.2, 0) is 4.74 Å². The van der Waals surface area contributed by atoms with Gasteiger partial charge in [-0.2, -0.15) is 0 Å². The summed E-state index contributed by atoms with van der Waals surface area (Å²) in [6.07, 6.45) is 20.2. The molecule has 0 radical (unpaired) electrons. The first kappa shape index (κ1) is 59.2. The average molecular weight is 497 g/mol. The molecular formula is C33H84O. The van der Waals surface area contributed by atoms with Crippen LogP contribution in [0.2, 0.25) is 0 Å². The third-order valence-electron chi connectivity index (χ3n) is 4.43. The lowest BCUT2D eigenvalue weighted by Gasteiger charge is -1.95. The van der Waals surface area contributed by atoms with Crippen molar-refractivity contribution in [1.82, 2.24) is 0 Å². The highest BCUT2D eigenvalue weighted by Crippen LogP contribution is 2.03. The molecule has 0 aromatic heterocycles. The van der Waals surface area contributed by atoms with Crippen LogP contribution in [-0.4, -0.2) is 13.2 Å². The maximum absolute atomic E-state index is 5.13. The van der Waals surface area contributed by atoms with E-state index in [9.17, 15) is 0 Å². The zero-order chi connectivity index (χ0) is 24.3. The summed E-state index contributed by atoms with van der Waals surface area (Å²) >= 11 is 0. The zero-order valence-corrected chi connectivity index (χ0v) is 24.0. The Kier molecular flexibility index (Phi) is 133. The third-order valence-corrected chi connectivity index (χ3v) is 4.43. The number of unbranched alkanes of at least 4 members (excludes halogenated alkanes) is 9. The molecule has 0 fully saturated rings. The van der Waals surface area contributed by atoms with Crippen molar-refractivity contribution in [3.63, 3.8) is 0 Å². The van der Waals surface area contributed by atoms with Crippen molar-refractivity contribution in [1.29, 1.82) is 0 Å². The molecule has 1 heteroatoms. The fourth-order valence-corrected chi connectivity index (χ4v) is 1.74. The van der Waals surface area contributed by atoms with E-state index in [4.69, 9.17) is 4.74 Å². The van der Waals surface area contributed by atoms with Gasteiger partial charge < -0.3 is 4.74 Å². The van der Waals surface area contributed by atoms with Gasteiger partial charge in [-0.15, -0.1) is 0 Å². The Labute approximate surface area is 226 Å². The Balaban J connectivity index is -0.0000000324. The maximum Gasteiger partial charge on any atom is 0.0463 e. The number of hydrogen-bond acceptors (Lipinski definition) is 1. The van der Waals surface area contributed by atoms with E-state index >= 15 is 0 Å². The van der Waals surface area contributed by atoms with Gasteiger partial charge in [-0.1, -0.05) is 189 Å². The molecule has 0 bridgehead atoms. The molecule has 0 aliphatic carbocycles. The summed E-state index contributed by atoms with van der Waals surface area (Å²) in [5.74, 6) is 0.884. The molecule has 222 valence electrons. The highest BCUT2D eigenvalue weighted by molar-refractivity contribution is 4.39. The summed E-state index contributed by atoms with van der Waals surface area (Å²) in [5.41, 5.74) is 0. The molecule has 0 heterocycles. The summed E-state index contributed by atoms with van der Waals surface area (Å²) in [6.45, 7) is 26.1. The van der Waals surface area contributed by atoms with Crippen molar-refractivity contribution in [3.8, 4) is 0 Å². The van der Waals surface area contributed by atoms with Crippen LogP contribution in [0.15, 0.2) is 0 Å². The maximum atomic E-state index is 5.13. The van der Waals surface area contributed by atoms with E-state index in [2.05, 4.69) is 76.2 Å². The number of rotatable bonds is 14. The Morgan fingerprint density at radius 2 is 0.618 bits per heavy atom. The minimum Gasteiger partial charge on any atom is -0.381 e. The van der Waals surface area contributed by atoms with E-state index < -0.39 is 0 Å². The molecule has 34 heavy (non-hydrogen) atoms. The first-order valence-corrected chi connectivity index (χ1v) is 14.0. The molecule has 0 amide bonds. The standard InChI is InChI=1S/C8H18.C6H14O.C6H14.C5H12.C4H10.4CH4/c1-3-5-7-8-6-4-2;1-3-5-7-6-4-2;1-3-5-6-4-2;1-4-5(2)3;1-3-4-2;;;;/h3-8H2,1-2H3;3-6H2,1-2H3;3-6H2,1-2H3;5H,4H2,1-3H3;3-4H2,1-2H3;4*1H4. The first-order chi connectivity index (χ1) is 14.4. The minimum absolute atomic E-state index is 0. The van der Waals surface area contributed by atoms with E-state index in [1.54, 1.807) is 0 Å². The van der Waals surface area contributed by atoms with E-state index in [-0.39, 0.29) is 29.7 Å². The van der Waals surface area contributed by atoms with E-state index in [0.29, 0.717) is 0 Å². The zero-order valence-electron chi connectivity index (χ0n) is 24.0. The fourth-order valence-electron chi connectivity index (χ4n) is 1.74. The topological polar surface area (TPSA) is 9.23 Å². The molecule has 0 aromatic carbocycles. The third kappa shape index (κ3) is 137. The second-order valence-corrected chi connectivity index (χ2v) is 8.54.